The molecule has 0 spiro atoms. The highest BCUT2D eigenvalue weighted by Gasteiger charge is 2.45. The second-order valence-corrected chi connectivity index (χ2v) is 6.14. The molecule has 1 aromatic heterocycles. The molecule has 1 N–H and O–H groups in total. The molecule has 3 rings (SSSR count). The van der Waals surface area contributed by atoms with Crippen LogP contribution in [0.25, 0.3) is 10.9 Å². The second-order valence-electron chi connectivity index (χ2n) is 6.14. The molecule has 3 nitrogen and oxygen atoms in total. The van der Waals surface area contributed by atoms with Gasteiger partial charge in [0.2, 0.25) is 0 Å². The summed E-state index contributed by atoms with van der Waals surface area (Å²) in [6.45, 7) is 11.2. The minimum Gasteiger partial charge on any atom is -0.494 e. The standard InChI is InChI=1S/C16H21NO2/c1-6-18-10-7-8-12-11(9-10)13-14(17-12)16(4,5)19-15(13,2)3/h7-9,17H,6H2,1-5H3. The molecule has 1 aromatic carbocycles. The van der Waals surface area contributed by atoms with Crippen molar-refractivity contribution >= 4 is 10.9 Å². The molecule has 0 bridgehead atoms. The molecule has 19 heavy (non-hydrogen) atoms. The van der Waals surface area contributed by atoms with Crippen LogP contribution in [0.15, 0.2) is 18.2 Å². The van der Waals surface area contributed by atoms with Crippen molar-refractivity contribution in [3.8, 4) is 5.75 Å². The predicted molar refractivity (Wildman–Crippen MR) is 76.6 cm³/mol. The zero-order valence-electron chi connectivity index (χ0n) is 12.3. The highest BCUT2D eigenvalue weighted by Crippen LogP contribution is 2.49. The van der Waals surface area contributed by atoms with Crippen molar-refractivity contribution in [3.05, 3.63) is 29.5 Å². The van der Waals surface area contributed by atoms with Gasteiger partial charge in [0.05, 0.1) is 17.9 Å². The van der Waals surface area contributed by atoms with Gasteiger partial charge in [0.15, 0.2) is 0 Å². The summed E-state index contributed by atoms with van der Waals surface area (Å²) in [5.41, 5.74) is 3.04. The third kappa shape index (κ3) is 1.76. The monoisotopic (exact) mass is 259 g/mol. The van der Waals surface area contributed by atoms with Gasteiger partial charge in [-0.15, -0.1) is 0 Å². The Morgan fingerprint density at radius 2 is 1.89 bits per heavy atom. The van der Waals surface area contributed by atoms with Gasteiger partial charge in [0, 0.05) is 16.5 Å². The lowest BCUT2D eigenvalue weighted by molar-refractivity contribution is -0.106. The van der Waals surface area contributed by atoms with Gasteiger partial charge in [-0.1, -0.05) is 0 Å². The molecule has 102 valence electrons. The van der Waals surface area contributed by atoms with Crippen molar-refractivity contribution in [1.82, 2.24) is 4.98 Å². The maximum atomic E-state index is 6.18. The van der Waals surface area contributed by atoms with Gasteiger partial charge >= 0.3 is 0 Å². The first-order valence-electron chi connectivity index (χ1n) is 6.85. The van der Waals surface area contributed by atoms with E-state index in [0.29, 0.717) is 6.61 Å². The summed E-state index contributed by atoms with van der Waals surface area (Å²) in [6.07, 6.45) is 0. The van der Waals surface area contributed by atoms with Crippen LogP contribution in [0.5, 0.6) is 5.75 Å². The molecule has 0 amide bonds. The van der Waals surface area contributed by atoms with E-state index in [1.807, 2.05) is 13.0 Å². The average Bonchev–Trinajstić information content (AvgIpc) is 2.75. The number of H-pyrrole nitrogens is 1. The Kier molecular flexibility index (Phi) is 2.49. The third-order valence-corrected chi connectivity index (χ3v) is 3.80. The van der Waals surface area contributed by atoms with E-state index in [9.17, 15) is 0 Å². The molecular formula is C16H21NO2. The van der Waals surface area contributed by atoms with Crippen molar-refractivity contribution in [2.24, 2.45) is 0 Å². The second kappa shape index (κ2) is 3.76. The van der Waals surface area contributed by atoms with Crippen molar-refractivity contribution in [2.45, 2.75) is 45.8 Å². The Hall–Kier alpha value is -1.48. The zero-order chi connectivity index (χ0) is 13.8. The van der Waals surface area contributed by atoms with Gasteiger partial charge < -0.3 is 14.5 Å². The van der Waals surface area contributed by atoms with Crippen molar-refractivity contribution in [3.63, 3.8) is 0 Å². The molecule has 0 radical (unpaired) electrons. The third-order valence-electron chi connectivity index (χ3n) is 3.80. The first-order chi connectivity index (χ1) is 8.85. The highest BCUT2D eigenvalue weighted by molar-refractivity contribution is 5.87. The number of benzene rings is 1. The Balaban J connectivity index is 2.27. The summed E-state index contributed by atoms with van der Waals surface area (Å²) < 4.78 is 11.8. The molecule has 1 aliphatic rings. The number of aromatic nitrogens is 1. The van der Waals surface area contributed by atoms with Gasteiger partial charge in [0.25, 0.3) is 0 Å². The summed E-state index contributed by atoms with van der Waals surface area (Å²) in [6, 6.07) is 6.21. The van der Waals surface area contributed by atoms with Gasteiger partial charge in [-0.25, -0.2) is 0 Å². The molecule has 3 heteroatoms. The molecule has 0 atom stereocenters. The number of rotatable bonds is 2. The Bertz CT molecular complexity index is 637. The van der Waals surface area contributed by atoms with Crippen LogP contribution >= 0.6 is 0 Å². The van der Waals surface area contributed by atoms with E-state index in [1.54, 1.807) is 0 Å². The zero-order valence-corrected chi connectivity index (χ0v) is 12.3. The van der Waals surface area contributed by atoms with E-state index in [2.05, 4.69) is 44.8 Å². The fraction of sp³-hybridized carbons (Fsp3) is 0.500. The first-order valence-corrected chi connectivity index (χ1v) is 6.85. The van der Waals surface area contributed by atoms with Crippen LogP contribution in [-0.4, -0.2) is 11.6 Å². The number of aromatic amines is 1. The molecule has 0 fully saturated rings. The van der Waals surface area contributed by atoms with E-state index >= 15 is 0 Å². The smallest absolute Gasteiger partial charge is 0.120 e. The molecule has 0 saturated heterocycles. The van der Waals surface area contributed by atoms with E-state index in [4.69, 9.17) is 9.47 Å². The van der Waals surface area contributed by atoms with Crippen molar-refractivity contribution in [2.75, 3.05) is 6.61 Å². The number of fused-ring (bicyclic) bond motifs is 3. The lowest BCUT2D eigenvalue weighted by atomic mass is 9.94. The Morgan fingerprint density at radius 1 is 1.16 bits per heavy atom. The first kappa shape index (κ1) is 12.5. The Labute approximate surface area is 113 Å². The van der Waals surface area contributed by atoms with Gasteiger partial charge in [-0.05, 0) is 52.8 Å². The molecule has 2 heterocycles. The number of hydrogen-bond donors (Lipinski definition) is 1. The lowest BCUT2D eigenvalue weighted by Crippen LogP contribution is -2.23. The molecule has 0 unspecified atom stereocenters. The number of hydrogen-bond acceptors (Lipinski definition) is 2. The Morgan fingerprint density at radius 3 is 2.58 bits per heavy atom. The number of ether oxygens (including phenoxy) is 2. The minimum atomic E-state index is -0.276. The van der Waals surface area contributed by atoms with Crippen LogP contribution in [0.4, 0.5) is 0 Å². The van der Waals surface area contributed by atoms with E-state index in [-0.39, 0.29) is 11.2 Å². The highest BCUT2D eigenvalue weighted by atomic mass is 16.5. The quantitative estimate of drug-likeness (QED) is 0.882. The fourth-order valence-electron chi connectivity index (χ4n) is 3.24. The lowest BCUT2D eigenvalue weighted by Gasteiger charge is -2.25. The van der Waals surface area contributed by atoms with Crippen molar-refractivity contribution in [1.29, 1.82) is 0 Å². The summed E-state index contributed by atoms with van der Waals surface area (Å²) in [5.74, 6) is 0.914. The predicted octanol–water partition coefficient (Wildman–Crippen LogP) is 4.07. The average molecular weight is 259 g/mol. The molecule has 0 aliphatic carbocycles. The van der Waals surface area contributed by atoms with Crippen LogP contribution in [0.3, 0.4) is 0 Å². The van der Waals surface area contributed by atoms with E-state index in [1.165, 1.54) is 16.6 Å². The van der Waals surface area contributed by atoms with Crippen molar-refractivity contribution < 1.29 is 9.47 Å². The van der Waals surface area contributed by atoms with Gasteiger partial charge in [0.1, 0.15) is 11.4 Å². The molecular weight excluding hydrogens is 238 g/mol. The molecule has 1 aliphatic heterocycles. The fourth-order valence-corrected chi connectivity index (χ4v) is 3.24. The largest absolute Gasteiger partial charge is 0.494 e. The maximum absolute atomic E-state index is 6.18. The maximum Gasteiger partial charge on any atom is 0.120 e. The van der Waals surface area contributed by atoms with E-state index < -0.39 is 0 Å². The van der Waals surface area contributed by atoms with Gasteiger partial charge in [-0.3, -0.25) is 0 Å². The van der Waals surface area contributed by atoms with Crippen LogP contribution in [0.1, 0.15) is 45.9 Å². The van der Waals surface area contributed by atoms with Crippen LogP contribution in [0, 0.1) is 0 Å². The minimum absolute atomic E-state index is 0.274. The van der Waals surface area contributed by atoms with Crippen LogP contribution in [-0.2, 0) is 15.9 Å². The topological polar surface area (TPSA) is 34.2 Å². The molecule has 2 aromatic rings. The normalized spacial score (nSPS) is 19.6. The van der Waals surface area contributed by atoms with Gasteiger partial charge in [-0.2, -0.15) is 0 Å². The van der Waals surface area contributed by atoms with Crippen LogP contribution in [0.2, 0.25) is 0 Å². The summed E-state index contributed by atoms with van der Waals surface area (Å²) in [4.78, 5) is 3.51. The summed E-state index contributed by atoms with van der Waals surface area (Å²) in [5, 5.41) is 1.21. The number of nitrogens with one attached hydrogen (secondary N) is 1. The molecule has 0 saturated carbocycles. The summed E-state index contributed by atoms with van der Waals surface area (Å²) >= 11 is 0. The SMILES string of the molecule is CCOc1ccc2[nH]c3c(c2c1)C(C)(C)OC3(C)C. The summed E-state index contributed by atoms with van der Waals surface area (Å²) in [7, 11) is 0. The van der Waals surface area contributed by atoms with E-state index in [0.717, 1.165) is 11.3 Å². The van der Waals surface area contributed by atoms with Crippen LogP contribution < -0.4 is 4.74 Å².